The molecule has 0 aromatic heterocycles. The molecule has 198 valence electrons. The van der Waals surface area contributed by atoms with E-state index < -0.39 is 51.4 Å². The Morgan fingerprint density at radius 3 is 2.43 bits per heavy atom. The number of carbonyl (C=O) groups excluding carboxylic acids is 5. The molecular formula is C29H34O8. The van der Waals surface area contributed by atoms with Gasteiger partial charge in [-0.2, -0.15) is 0 Å². The van der Waals surface area contributed by atoms with Crippen molar-refractivity contribution < 1.29 is 38.2 Å². The average molecular weight is 511 g/mol. The Bertz CT molecular complexity index is 1200. The number of rotatable bonds is 4. The first-order chi connectivity index (χ1) is 17.4. The second-order valence-corrected chi connectivity index (χ2v) is 12.6. The summed E-state index contributed by atoms with van der Waals surface area (Å²) in [4.78, 5) is 63.2. The Kier molecular flexibility index (Phi) is 5.07. The highest BCUT2D eigenvalue weighted by molar-refractivity contribution is 5.99. The molecule has 9 atom stereocenters. The first-order valence-corrected chi connectivity index (χ1v) is 13.4. The van der Waals surface area contributed by atoms with Crippen LogP contribution in [-0.4, -0.2) is 42.4 Å². The van der Waals surface area contributed by atoms with E-state index in [-0.39, 0.29) is 36.3 Å². The minimum Gasteiger partial charge on any atom is -0.463 e. The predicted molar refractivity (Wildman–Crippen MR) is 128 cm³/mol. The third-order valence-electron chi connectivity index (χ3n) is 11.2. The summed E-state index contributed by atoms with van der Waals surface area (Å²) >= 11 is 0. The minimum atomic E-state index is -0.706. The molecule has 0 unspecified atom stereocenters. The fraction of sp³-hybridized carbons (Fsp3) is 0.690. The van der Waals surface area contributed by atoms with E-state index in [1.54, 1.807) is 0 Å². The number of Topliss-reactive ketones (excluding diaryl/α,β-unsaturated/α-hetero) is 1. The highest BCUT2D eigenvalue weighted by Gasteiger charge is 2.80. The number of cyclic esters (lactones) is 2. The smallest absolute Gasteiger partial charge is 0.318 e. The number of hydrogen-bond acceptors (Lipinski definition) is 8. The number of ether oxygens (including phenoxy) is 3. The van der Waals surface area contributed by atoms with Crippen LogP contribution in [0.1, 0.15) is 66.2 Å². The third kappa shape index (κ3) is 2.87. The summed E-state index contributed by atoms with van der Waals surface area (Å²) in [6.45, 7) is 6.77. The van der Waals surface area contributed by atoms with Crippen molar-refractivity contribution in [1.29, 1.82) is 0 Å². The van der Waals surface area contributed by atoms with E-state index >= 15 is 0 Å². The van der Waals surface area contributed by atoms with Gasteiger partial charge in [-0.05, 0) is 55.3 Å². The van der Waals surface area contributed by atoms with E-state index in [0.29, 0.717) is 25.7 Å². The van der Waals surface area contributed by atoms with E-state index in [4.69, 9.17) is 14.2 Å². The molecule has 8 heteroatoms. The van der Waals surface area contributed by atoms with Gasteiger partial charge in [-0.15, -0.1) is 0 Å². The number of hydrogen-bond donors (Lipinski definition) is 0. The Hall–Kier alpha value is -2.77. The lowest BCUT2D eigenvalue weighted by molar-refractivity contribution is -0.175. The van der Waals surface area contributed by atoms with Gasteiger partial charge in [-0.25, -0.2) is 0 Å². The number of esters is 4. The van der Waals surface area contributed by atoms with Crippen molar-refractivity contribution in [2.24, 2.45) is 45.3 Å². The van der Waals surface area contributed by atoms with Crippen molar-refractivity contribution in [1.82, 2.24) is 0 Å². The lowest BCUT2D eigenvalue weighted by Gasteiger charge is -2.71. The molecule has 0 aromatic carbocycles. The van der Waals surface area contributed by atoms with E-state index in [2.05, 4.69) is 32.1 Å². The highest BCUT2D eigenvalue weighted by Crippen LogP contribution is 2.80. The Morgan fingerprint density at radius 2 is 1.73 bits per heavy atom. The molecule has 8 nitrogen and oxygen atoms in total. The van der Waals surface area contributed by atoms with E-state index in [1.807, 2.05) is 0 Å². The van der Waals surface area contributed by atoms with Crippen LogP contribution in [0.25, 0.3) is 0 Å². The summed E-state index contributed by atoms with van der Waals surface area (Å²) in [5, 5.41) is 0. The van der Waals surface area contributed by atoms with Crippen molar-refractivity contribution in [2.45, 2.75) is 72.3 Å². The molecule has 3 saturated carbocycles. The van der Waals surface area contributed by atoms with Crippen LogP contribution in [0.3, 0.4) is 0 Å². The monoisotopic (exact) mass is 510 g/mol. The number of ketones is 1. The first kappa shape index (κ1) is 24.6. The third-order valence-corrected chi connectivity index (χ3v) is 11.2. The molecule has 0 radical (unpaired) electrons. The zero-order valence-electron chi connectivity index (χ0n) is 21.8. The summed E-state index contributed by atoms with van der Waals surface area (Å²) in [6, 6.07) is 0. The maximum absolute atomic E-state index is 13.5. The molecule has 6 aliphatic carbocycles. The molecule has 0 amide bonds. The van der Waals surface area contributed by atoms with Crippen LogP contribution in [0.15, 0.2) is 23.8 Å². The lowest BCUT2D eigenvalue weighted by Crippen LogP contribution is -2.69. The van der Waals surface area contributed by atoms with Crippen LogP contribution < -0.4 is 0 Å². The number of carbonyl (C=O) groups is 5. The Morgan fingerprint density at radius 1 is 1.00 bits per heavy atom. The van der Waals surface area contributed by atoms with E-state index in [1.165, 1.54) is 19.4 Å². The molecule has 1 aliphatic heterocycles. The number of fused-ring (bicyclic) bond motifs is 1. The molecule has 1 saturated heterocycles. The van der Waals surface area contributed by atoms with E-state index in [0.717, 1.165) is 12.8 Å². The van der Waals surface area contributed by atoms with Gasteiger partial charge >= 0.3 is 23.9 Å². The maximum Gasteiger partial charge on any atom is 0.318 e. The van der Waals surface area contributed by atoms with Gasteiger partial charge in [-0.1, -0.05) is 37.6 Å². The first-order valence-electron chi connectivity index (χ1n) is 13.4. The molecule has 2 bridgehead atoms. The quantitative estimate of drug-likeness (QED) is 0.245. The average Bonchev–Trinajstić information content (AvgIpc) is 3.34. The van der Waals surface area contributed by atoms with Crippen molar-refractivity contribution in [2.75, 3.05) is 6.61 Å². The van der Waals surface area contributed by atoms with Crippen LogP contribution in [0.5, 0.6) is 0 Å². The standard InChI is InChI=1S/C29H34O8/c1-15(30)35-14-19(32)18-5-6-20-26(18,3)9-8-21-27(4)10-7-17(36-16(2)31)13-28(27)11-12-29(20,21)23-22(28)24(33)37-25(23)34/h8,11-12,17-18,20,22-23H,5-7,9-10,13-14H2,1-4H3/t17-,18+,20-,22+,23+,26-,27-,28-,29-/m1/s1. The molecule has 7 rings (SSSR count). The van der Waals surface area contributed by atoms with Crippen molar-refractivity contribution in [3.63, 3.8) is 0 Å². The van der Waals surface area contributed by atoms with Crippen LogP contribution >= 0.6 is 0 Å². The van der Waals surface area contributed by atoms with Crippen LogP contribution in [0.4, 0.5) is 0 Å². The van der Waals surface area contributed by atoms with E-state index in [9.17, 15) is 24.0 Å². The van der Waals surface area contributed by atoms with Gasteiger partial charge in [0.1, 0.15) is 12.7 Å². The molecule has 4 fully saturated rings. The van der Waals surface area contributed by atoms with Crippen LogP contribution in [0, 0.1) is 45.3 Å². The highest BCUT2D eigenvalue weighted by atomic mass is 16.6. The lowest BCUT2D eigenvalue weighted by atomic mass is 9.31. The Labute approximate surface area is 216 Å². The molecule has 0 aromatic rings. The van der Waals surface area contributed by atoms with Gasteiger partial charge in [0.05, 0.1) is 11.8 Å². The maximum atomic E-state index is 13.5. The SMILES string of the molecule is CC(=O)OCC(=O)[C@@H]1CC[C@@H]2[C@]1(C)CC=C1[C@@]23C=C[C@@]2(C[C@H](OC(C)=O)CC[C@]12C)[C@@H]1C(=O)OC(=O)[C@H]13. The summed E-state index contributed by atoms with van der Waals surface area (Å²) in [6.07, 6.45) is 10.2. The van der Waals surface area contributed by atoms with Gasteiger partial charge < -0.3 is 14.2 Å². The largest absolute Gasteiger partial charge is 0.463 e. The molecular weight excluding hydrogens is 476 g/mol. The second-order valence-electron chi connectivity index (χ2n) is 12.6. The van der Waals surface area contributed by atoms with Gasteiger partial charge in [0, 0.05) is 30.6 Å². The van der Waals surface area contributed by atoms with Gasteiger partial charge in [0.15, 0.2) is 5.78 Å². The Balaban J connectivity index is 1.48. The topological polar surface area (TPSA) is 113 Å². The minimum absolute atomic E-state index is 0.0326. The molecule has 0 N–H and O–H groups in total. The summed E-state index contributed by atoms with van der Waals surface area (Å²) in [5.74, 6) is -3.53. The van der Waals surface area contributed by atoms with Crippen LogP contribution in [-0.2, 0) is 38.2 Å². The van der Waals surface area contributed by atoms with Gasteiger partial charge in [-0.3, -0.25) is 24.0 Å². The molecule has 7 aliphatic rings. The predicted octanol–water partition coefficient (Wildman–Crippen LogP) is 3.48. The fourth-order valence-corrected chi connectivity index (χ4v) is 9.89. The number of allylic oxidation sites excluding steroid dienone is 4. The van der Waals surface area contributed by atoms with Gasteiger partial charge in [0.25, 0.3) is 0 Å². The van der Waals surface area contributed by atoms with Crippen molar-refractivity contribution >= 4 is 29.7 Å². The molecule has 2 spiro atoms. The fourth-order valence-electron chi connectivity index (χ4n) is 9.89. The summed E-state index contributed by atoms with van der Waals surface area (Å²) in [7, 11) is 0. The van der Waals surface area contributed by atoms with Crippen molar-refractivity contribution in [3.8, 4) is 0 Å². The second kappa shape index (κ2) is 7.64. The van der Waals surface area contributed by atoms with Gasteiger partial charge in [0.2, 0.25) is 0 Å². The molecule has 1 heterocycles. The molecule has 37 heavy (non-hydrogen) atoms. The summed E-state index contributed by atoms with van der Waals surface area (Å²) in [5.41, 5.74) is -1.03. The summed E-state index contributed by atoms with van der Waals surface area (Å²) < 4.78 is 16.1. The normalized spacial score (nSPS) is 46.7. The zero-order chi connectivity index (χ0) is 26.5. The van der Waals surface area contributed by atoms with Crippen molar-refractivity contribution in [3.05, 3.63) is 23.8 Å². The van der Waals surface area contributed by atoms with Crippen LogP contribution in [0.2, 0.25) is 0 Å². The zero-order valence-corrected chi connectivity index (χ0v) is 21.8.